The van der Waals surface area contributed by atoms with Crippen LogP contribution in [0.5, 0.6) is 0 Å². The highest BCUT2D eigenvalue weighted by Gasteiger charge is 2.07. The summed E-state index contributed by atoms with van der Waals surface area (Å²) in [7, 11) is 0. The average Bonchev–Trinajstić information content (AvgIpc) is 2.71. The zero-order valence-corrected chi connectivity index (χ0v) is 7.85. The molecule has 0 spiro atoms. The summed E-state index contributed by atoms with van der Waals surface area (Å²) >= 11 is 0. The van der Waals surface area contributed by atoms with Gasteiger partial charge < -0.3 is 0 Å². The molecule has 0 unspecified atom stereocenters. The lowest BCUT2D eigenvalue weighted by atomic mass is 10.1. The minimum Gasteiger partial charge on any atom is -0.275 e. The maximum absolute atomic E-state index is 12.9. The van der Waals surface area contributed by atoms with Crippen LogP contribution < -0.4 is 0 Å². The third-order valence-corrected chi connectivity index (χ3v) is 1.93. The summed E-state index contributed by atoms with van der Waals surface area (Å²) in [4.78, 5) is 2.56. The molecular weight excluding hydrogens is 216 g/mol. The normalized spacial score (nSPS) is 9.88. The predicted molar refractivity (Wildman–Crippen MR) is 52.7 cm³/mol. The van der Waals surface area contributed by atoms with Crippen molar-refractivity contribution in [2.45, 2.75) is 0 Å². The molecule has 2 aromatic rings. The molecular formula is C9H5F2N5. The number of nitrogens with one attached hydrogen (secondary N) is 1. The van der Waals surface area contributed by atoms with E-state index in [2.05, 4.69) is 20.2 Å². The van der Waals surface area contributed by atoms with Gasteiger partial charge in [-0.25, -0.2) is 8.78 Å². The lowest BCUT2D eigenvalue weighted by Crippen LogP contribution is -1.85. The minimum absolute atomic E-state index is 0.210. The molecule has 0 aliphatic rings. The summed E-state index contributed by atoms with van der Waals surface area (Å²) in [5, 5.41) is 9.54. The molecule has 16 heavy (non-hydrogen) atoms. The number of hydrogen-bond acceptors (Lipinski definition) is 2. The van der Waals surface area contributed by atoms with Crippen LogP contribution in [0.15, 0.2) is 29.4 Å². The Bertz CT molecular complexity index is 571. The van der Waals surface area contributed by atoms with E-state index in [1.165, 1.54) is 12.1 Å². The Morgan fingerprint density at radius 1 is 1.25 bits per heavy atom. The standard InChI is InChI=1S/C9H5F2N5/c10-6-2-1-5(3-7(6)11)8-4-9(14-13-8)15-16-12/h1-4H,(H,13,14). The Morgan fingerprint density at radius 3 is 2.75 bits per heavy atom. The summed E-state index contributed by atoms with van der Waals surface area (Å²) in [6.45, 7) is 0. The maximum atomic E-state index is 12.9. The van der Waals surface area contributed by atoms with Crippen LogP contribution in [0.25, 0.3) is 21.7 Å². The van der Waals surface area contributed by atoms with Crippen molar-refractivity contribution in [3.63, 3.8) is 0 Å². The molecule has 0 fully saturated rings. The summed E-state index contributed by atoms with van der Waals surface area (Å²) in [5.41, 5.74) is 8.95. The number of azide groups is 1. The molecule has 0 saturated carbocycles. The van der Waals surface area contributed by atoms with Crippen molar-refractivity contribution in [1.29, 1.82) is 0 Å². The fourth-order valence-corrected chi connectivity index (χ4v) is 1.21. The second-order valence-corrected chi connectivity index (χ2v) is 2.96. The van der Waals surface area contributed by atoms with Crippen LogP contribution in [0.4, 0.5) is 14.6 Å². The summed E-state index contributed by atoms with van der Waals surface area (Å²) in [6.07, 6.45) is 0. The molecule has 7 heteroatoms. The third kappa shape index (κ3) is 1.84. The van der Waals surface area contributed by atoms with Crippen molar-refractivity contribution in [3.05, 3.63) is 46.3 Å². The molecule has 1 aromatic heterocycles. The van der Waals surface area contributed by atoms with Crippen molar-refractivity contribution >= 4 is 5.82 Å². The van der Waals surface area contributed by atoms with Gasteiger partial charge in [0.25, 0.3) is 0 Å². The van der Waals surface area contributed by atoms with Crippen molar-refractivity contribution in [2.75, 3.05) is 0 Å². The molecule has 0 bridgehead atoms. The highest BCUT2D eigenvalue weighted by molar-refractivity contribution is 5.61. The monoisotopic (exact) mass is 221 g/mol. The second kappa shape index (κ2) is 4.00. The summed E-state index contributed by atoms with van der Waals surface area (Å²) in [6, 6.07) is 4.85. The van der Waals surface area contributed by atoms with E-state index in [1.807, 2.05) is 0 Å². The number of H-pyrrole nitrogens is 1. The molecule has 0 amide bonds. The molecule has 1 heterocycles. The Labute approximate surface area is 88.4 Å². The number of rotatable bonds is 2. The summed E-state index contributed by atoms with van der Waals surface area (Å²) in [5.74, 6) is -1.66. The number of aromatic nitrogens is 2. The molecule has 0 radical (unpaired) electrons. The first kappa shape index (κ1) is 10.1. The number of benzene rings is 1. The third-order valence-electron chi connectivity index (χ3n) is 1.93. The van der Waals surface area contributed by atoms with Gasteiger partial charge >= 0.3 is 0 Å². The highest BCUT2D eigenvalue weighted by atomic mass is 19.2. The van der Waals surface area contributed by atoms with Gasteiger partial charge in [0, 0.05) is 10.5 Å². The van der Waals surface area contributed by atoms with Crippen LogP contribution in [-0.4, -0.2) is 10.2 Å². The molecule has 1 N–H and O–H groups in total. The van der Waals surface area contributed by atoms with Gasteiger partial charge in [-0.2, -0.15) is 5.10 Å². The van der Waals surface area contributed by atoms with Gasteiger partial charge in [-0.05, 0) is 34.9 Å². The van der Waals surface area contributed by atoms with Crippen molar-refractivity contribution in [1.82, 2.24) is 10.2 Å². The van der Waals surface area contributed by atoms with Crippen LogP contribution in [0, 0.1) is 11.6 Å². The number of hydrogen-bond donors (Lipinski definition) is 1. The topological polar surface area (TPSA) is 77.4 Å². The van der Waals surface area contributed by atoms with Crippen LogP contribution in [-0.2, 0) is 0 Å². The molecule has 0 atom stereocenters. The van der Waals surface area contributed by atoms with E-state index in [0.29, 0.717) is 11.3 Å². The predicted octanol–water partition coefficient (Wildman–Crippen LogP) is 3.30. The van der Waals surface area contributed by atoms with Crippen molar-refractivity contribution in [3.8, 4) is 11.3 Å². The van der Waals surface area contributed by atoms with Gasteiger partial charge in [-0.3, -0.25) is 5.10 Å². The zero-order chi connectivity index (χ0) is 11.5. The highest BCUT2D eigenvalue weighted by Crippen LogP contribution is 2.22. The lowest BCUT2D eigenvalue weighted by molar-refractivity contribution is 0.509. The molecule has 1 aromatic carbocycles. The minimum atomic E-state index is -0.953. The second-order valence-electron chi connectivity index (χ2n) is 2.96. The van der Waals surface area contributed by atoms with Crippen molar-refractivity contribution < 1.29 is 8.78 Å². The molecule has 0 saturated heterocycles. The van der Waals surface area contributed by atoms with Gasteiger partial charge in [0.2, 0.25) is 0 Å². The van der Waals surface area contributed by atoms with Crippen LogP contribution in [0.3, 0.4) is 0 Å². The number of nitrogens with zero attached hydrogens (tertiary/aromatic N) is 4. The summed E-state index contributed by atoms with van der Waals surface area (Å²) < 4.78 is 25.6. The Hall–Kier alpha value is -2.40. The fourth-order valence-electron chi connectivity index (χ4n) is 1.21. The van der Waals surface area contributed by atoms with Gasteiger partial charge in [0.1, 0.15) is 5.82 Å². The van der Waals surface area contributed by atoms with Gasteiger partial charge in [0.05, 0.1) is 5.69 Å². The molecule has 5 nitrogen and oxygen atoms in total. The van der Waals surface area contributed by atoms with Gasteiger partial charge in [-0.15, -0.1) is 0 Å². The van der Waals surface area contributed by atoms with E-state index in [4.69, 9.17) is 5.53 Å². The van der Waals surface area contributed by atoms with E-state index in [0.717, 1.165) is 12.1 Å². The molecule has 0 aliphatic carbocycles. The Morgan fingerprint density at radius 2 is 2.06 bits per heavy atom. The largest absolute Gasteiger partial charge is 0.275 e. The molecule has 0 aliphatic heterocycles. The van der Waals surface area contributed by atoms with Gasteiger partial charge in [-0.1, -0.05) is 0 Å². The van der Waals surface area contributed by atoms with E-state index in [9.17, 15) is 8.78 Å². The Balaban J connectivity index is 2.42. The zero-order valence-electron chi connectivity index (χ0n) is 7.85. The lowest BCUT2D eigenvalue weighted by Gasteiger charge is -1.96. The van der Waals surface area contributed by atoms with E-state index < -0.39 is 11.6 Å². The molecule has 80 valence electrons. The number of aromatic amines is 1. The smallest absolute Gasteiger partial charge is 0.159 e. The van der Waals surface area contributed by atoms with Crippen molar-refractivity contribution in [2.24, 2.45) is 5.11 Å². The maximum Gasteiger partial charge on any atom is 0.159 e. The first-order chi connectivity index (χ1) is 7.70. The first-order valence-electron chi connectivity index (χ1n) is 4.26. The number of halogens is 2. The molecule has 2 rings (SSSR count). The van der Waals surface area contributed by atoms with E-state index in [-0.39, 0.29) is 5.82 Å². The van der Waals surface area contributed by atoms with Crippen LogP contribution >= 0.6 is 0 Å². The SMILES string of the molecule is [N-]=[N+]=Nc1cc(-c2ccc(F)c(F)c2)n[nH]1. The Kier molecular flexibility index (Phi) is 2.53. The first-order valence-corrected chi connectivity index (χ1v) is 4.26. The van der Waals surface area contributed by atoms with E-state index >= 15 is 0 Å². The quantitative estimate of drug-likeness (QED) is 0.471. The average molecular weight is 221 g/mol. The van der Waals surface area contributed by atoms with Crippen LogP contribution in [0.2, 0.25) is 0 Å². The van der Waals surface area contributed by atoms with Crippen LogP contribution in [0.1, 0.15) is 0 Å². The van der Waals surface area contributed by atoms with Gasteiger partial charge in [0.15, 0.2) is 11.6 Å². The van der Waals surface area contributed by atoms with E-state index in [1.54, 1.807) is 0 Å². The fraction of sp³-hybridized carbons (Fsp3) is 0.